The molecule has 1 aliphatic rings. The van der Waals surface area contributed by atoms with Gasteiger partial charge in [-0.2, -0.15) is 0 Å². The largest absolute Gasteiger partial charge is 0.508 e. The van der Waals surface area contributed by atoms with Crippen molar-refractivity contribution in [2.45, 2.75) is 20.3 Å². The number of phenolic OH excluding ortho intramolecular Hbond substituents is 1. The maximum absolute atomic E-state index is 12.3. The highest BCUT2D eigenvalue weighted by Crippen LogP contribution is 2.28. The quantitative estimate of drug-likeness (QED) is 0.832. The van der Waals surface area contributed by atoms with Gasteiger partial charge in [0.1, 0.15) is 11.5 Å². The second-order valence-corrected chi connectivity index (χ2v) is 5.33. The molecular weight excluding hydrogens is 266 g/mol. The van der Waals surface area contributed by atoms with E-state index in [1.165, 1.54) is 0 Å². The number of carbonyl (C=O) groups excluding carboxylic acids is 1. The fourth-order valence-corrected chi connectivity index (χ4v) is 2.46. The van der Waals surface area contributed by atoms with Crippen molar-refractivity contribution >= 4 is 11.6 Å². The highest BCUT2D eigenvalue weighted by atomic mass is 16.5. The van der Waals surface area contributed by atoms with Crippen LogP contribution in [-0.4, -0.2) is 17.6 Å². The van der Waals surface area contributed by atoms with E-state index in [0.717, 1.165) is 28.9 Å². The van der Waals surface area contributed by atoms with E-state index in [1.54, 1.807) is 25.1 Å². The van der Waals surface area contributed by atoms with Gasteiger partial charge in [-0.1, -0.05) is 0 Å². The number of aryl methyl sites for hydroxylation is 2. The van der Waals surface area contributed by atoms with Crippen molar-refractivity contribution in [3.05, 3.63) is 52.6 Å². The summed E-state index contributed by atoms with van der Waals surface area (Å²) in [6.07, 6.45) is 0.841. The SMILES string of the molecule is Cc1cc(NC(=O)c2ccc3c(c2)CCO3)c(C)cc1O. The van der Waals surface area contributed by atoms with Gasteiger partial charge in [-0.05, 0) is 60.9 Å². The molecule has 0 spiro atoms. The molecule has 2 aromatic carbocycles. The average molecular weight is 283 g/mol. The molecule has 0 bridgehead atoms. The minimum atomic E-state index is -0.155. The number of carbonyl (C=O) groups is 1. The van der Waals surface area contributed by atoms with E-state index >= 15 is 0 Å². The van der Waals surface area contributed by atoms with Gasteiger partial charge in [0.2, 0.25) is 0 Å². The van der Waals surface area contributed by atoms with E-state index < -0.39 is 0 Å². The Bertz CT molecular complexity index is 722. The monoisotopic (exact) mass is 283 g/mol. The first-order chi connectivity index (χ1) is 10.0. The number of benzene rings is 2. The highest BCUT2D eigenvalue weighted by molar-refractivity contribution is 6.05. The summed E-state index contributed by atoms with van der Waals surface area (Å²) in [5.41, 5.74) is 3.96. The van der Waals surface area contributed by atoms with Crippen LogP contribution < -0.4 is 10.1 Å². The number of amides is 1. The van der Waals surface area contributed by atoms with Gasteiger partial charge in [-0.3, -0.25) is 4.79 Å². The highest BCUT2D eigenvalue weighted by Gasteiger charge is 2.15. The lowest BCUT2D eigenvalue weighted by Crippen LogP contribution is -2.13. The molecule has 0 atom stereocenters. The maximum atomic E-state index is 12.3. The van der Waals surface area contributed by atoms with Crippen LogP contribution in [0, 0.1) is 13.8 Å². The maximum Gasteiger partial charge on any atom is 0.255 e. The van der Waals surface area contributed by atoms with E-state index in [4.69, 9.17) is 4.74 Å². The van der Waals surface area contributed by atoms with E-state index in [2.05, 4.69) is 5.32 Å². The van der Waals surface area contributed by atoms with Crippen LogP contribution in [-0.2, 0) is 6.42 Å². The Kier molecular flexibility index (Phi) is 3.29. The van der Waals surface area contributed by atoms with Crippen molar-refractivity contribution in [1.29, 1.82) is 0 Å². The number of rotatable bonds is 2. The van der Waals surface area contributed by atoms with E-state index in [-0.39, 0.29) is 11.7 Å². The van der Waals surface area contributed by atoms with Gasteiger partial charge in [0.15, 0.2) is 0 Å². The van der Waals surface area contributed by atoms with Crippen molar-refractivity contribution in [2.24, 2.45) is 0 Å². The van der Waals surface area contributed by atoms with Gasteiger partial charge in [-0.15, -0.1) is 0 Å². The summed E-state index contributed by atoms with van der Waals surface area (Å²) < 4.78 is 5.44. The molecule has 0 saturated carbocycles. The number of hydrogen-bond donors (Lipinski definition) is 2. The lowest BCUT2D eigenvalue weighted by molar-refractivity contribution is 0.102. The topological polar surface area (TPSA) is 58.6 Å². The summed E-state index contributed by atoms with van der Waals surface area (Å²) in [4.78, 5) is 12.3. The van der Waals surface area contributed by atoms with Gasteiger partial charge in [0, 0.05) is 17.7 Å². The van der Waals surface area contributed by atoms with Crippen molar-refractivity contribution in [3.8, 4) is 11.5 Å². The molecular formula is C17H17NO3. The normalized spacial score (nSPS) is 12.7. The number of ether oxygens (including phenoxy) is 1. The number of nitrogens with one attached hydrogen (secondary N) is 1. The van der Waals surface area contributed by atoms with E-state index in [0.29, 0.717) is 17.9 Å². The molecule has 0 fully saturated rings. The molecule has 1 amide bonds. The van der Waals surface area contributed by atoms with Crippen molar-refractivity contribution in [1.82, 2.24) is 0 Å². The van der Waals surface area contributed by atoms with Crippen molar-refractivity contribution in [2.75, 3.05) is 11.9 Å². The Balaban J connectivity index is 1.85. The van der Waals surface area contributed by atoms with Crippen molar-refractivity contribution < 1.29 is 14.6 Å². The summed E-state index contributed by atoms with van der Waals surface area (Å²) in [6, 6.07) is 8.91. The molecule has 108 valence electrons. The van der Waals surface area contributed by atoms with Crippen molar-refractivity contribution in [3.63, 3.8) is 0 Å². The molecule has 4 heteroatoms. The lowest BCUT2D eigenvalue weighted by Gasteiger charge is -2.11. The Morgan fingerprint density at radius 3 is 2.81 bits per heavy atom. The third-order valence-electron chi connectivity index (χ3n) is 3.74. The summed E-state index contributed by atoms with van der Waals surface area (Å²) in [7, 11) is 0. The molecule has 21 heavy (non-hydrogen) atoms. The number of hydrogen-bond acceptors (Lipinski definition) is 3. The Labute approximate surface area is 123 Å². The molecule has 1 aliphatic heterocycles. The third kappa shape index (κ3) is 2.57. The number of phenols is 1. The molecule has 0 radical (unpaired) electrons. The minimum absolute atomic E-state index is 0.155. The first kappa shape index (κ1) is 13.5. The fourth-order valence-electron chi connectivity index (χ4n) is 2.46. The summed E-state index contributed by atoms with van der Waals surface area (Å²) in [6.45, 7) is 4.33. The zero-order valence-corrected chi connectivity index (χ0v) is 12.1. The number of aromatic hydroxyl groups is 1. The Hall–Kier alpha value is -2.49. The van der Waals surface area contributed by atoms with Crippen LogP contribution in [0.25, 0.3) is 0 Å². The molecule has 0 aliphatic carbocycles. The molecule has 0 aromatic heterocycles. The van der Waals surface area contributed by atoms with Crippen LogP contribution in [0.15, 0.2) is 30.3 Å². The van der Waals surface area contributed by atoms with Crippen LogP contribution in [0.3, 0.4) is 0 Å². The Morgan fingerprint density at radius 2 is 2.00 bits per heavy atom. The molecule has 1 heterocycles. The molecule has 4 nitrogen and oxygen atoms in total. The standard InChI is InChI=1S/C17H17NO3/c1-10-8-15(19)11(2)7-14(10)18-17(20)13-3-4-16-12(9-13)5-6-21-16/h3-4,7-9,19H,5-6H2,1-2H3,(H,18,20). The smallest absolute Gasteiger partial charge is 0.255 e. The predicted molar refractivity (Wildman–Crippen MR) is 81.2 cm³/mol. The van der Waals surface area contributed by atoms with Gasteiger partial charge >= 0.3 is 0 Å². The van der Waals surface area contributed by atoms with Crippen LogP contribution in [0.5, 0.6) is 11.5 Å². The molecule has 2 N–H and O–H groups in total. The first-order valence-corrected chi connectivity index (χ1v) is 6.92. The third-order valence-corrected chi connectivity index (χ3v) is 3.74. The predicted octanol–water partition coefficient (Wildman–Crippen LogP) is 3.20. The van der Waals surface area contributed by atoms with Gasteiger partial charge < -0.3 is 15.2 Å². The summed E-state index contributed by atoms with van der Waals surface area (Å²) in [5, 5.41) is 12.5. The average Bonchev–Trinajstić information content (AvgIpc) is 2.92. The summed E-state index contributed by atoms with van der Waals surface area (Å²) in [5.74, 6) is 0.946. The zero-order valence-electron chi connectivity index (χ0n) is 12.1. The lowest BCUT2D eigenvalue weighted by atomic mass is 10.1. The van der Waals surface area contributed by atoms with Gasteiger partial charge in [0.05, 0.1) is 6.61 Å². The van der Waals surface area contributed by atoms with Gasteiger partial charge in [0.25, 0.3) is 5.91 Å². The first-order valence-electron chi connectivity index (χ1n) is 6.92. The second kappa shape index (κ2) is 5.13. The van der Waals surface area contributed by atoms with Crippen LogP contribution in [0.4, 0.5) is 5.69 Å². The Morgan fingerprint density at radius 1 is 1.19 bits per heavy atom. The number of fused-ring (bicyclic) bond motifs is 1. The van der Waals surface area contributed by atoms with Crippen LogP contribution in [0.1, 0.15) is 27.0 Å². The molecule has 3 rings (SSSR count). The van der Waals surface area contributed by atoms with Gasteiger partial charge in [-0.25, -0.2) is 0 Å². The van der Waals surface area contributed by atoms with Crippen LogP contribution >= 0.6 is 0 Å². The van der Waals surface area contributed by atoms with E-state index in [1.807, 2.05) is 19.1 Å². The van der Waals surface area contributed by atoms with Crippen LogP contribution in [0.2, 0.25) is 0 Å². The molecule has 2 aromatic rings. The summed E-state index contributed by atoms with van der Waals surface area (Å²) >= 11 is 0. The molecule has 0 unspecified atom stereocenters. The second-order valence-electron chi connectivity index (χ2n) is 5.33. The molecule has 0 saturated heterocycles. The zero-order chi connectivity index (χ0) is 15.0. The van der Waals surface area contributed by atoms with E-state index in [9.17, 15) is 9.90 Å². The number of anilines is 1. The fraction of sp³-hybridized carbons (Fsp3) is 0.235. The minimum Gasteiger partial charge on any atom is -0.508 e.